The molecule has 3 N–H and O–H groups in total. The number of aryl methyl sites for hydroxylation is 3. The number of rotatable bonds is 4. The minimum Gasteiger partial charge on any atom is -0.322 e. The van der Waals surface area contributed by atoms with Gasteiger partial charge in [0.25, 0.3) is 15.9 Å². The highest BCUT2D eigenvalue weighted by atomic mass is 32.2. The Morgan fingerprint density at radius 2 is 1.73 bits per heavy atom. The summed E-state index contributed by atoms with van der Waals surface area (Å²) in [5.41, 5.74) is 4.20. The van der Waals surface area contributed by atoms with Crippen LogP contribution in [0.4, 0.5) is 11.4 Å². The second kappa shape index (κ2) is 7.73. The first-order chi connectivity index (χ1) is 14.0. The average Bonchev–Trinajstić information content (AvgIpc) is 2.64. The molecule has 0 aromatic heterocycles. The van der Waals surface area contributed by atoms with E-state index in [4.69, 9.17) is 5.21 Å². The van der Waals surface area contributed by atoms with E-state index in [1.807, 2.05) is 6.92 Å². The Morgan fingerprint density at radius 3 is 2.27 bits per heavy atom. The van der Waals surface area contributed by atoms with Gasteiger partial charge in [0, 0.05) is 5.56 Å². The van der Waals surface area contributed by atoms with Crippen LogP contribution in [0.15, 0.2) is 35.2 Å². The van der Waals surface area contributed by atoms with Gasteiger partial charge in [0.15, 0.2) is 0 Å². The van der Waals surface area contributed by atoms with E-state index in [9.17, 15) is 18.0 Å². The van der Waals surface area contributed by atoms with Gasteiger partial charge in [-0.15, -0.1) is 0 Å². The zero-order valence-corrected chi connectivity index (χ0v) is 18.3. The Bertz CT molecular complexity index is 1120. The minimum absolute atomic E-state index is 0.0830. The highest BCUT2D eigenvalue weighted by molar-refractivity contribution is 7.93. The third kappa shape index (κ3) is 3.54. The Balaban J connectivity index is 2.28. The number of nitrogens with one attached hydrogen (secondary N) is 2. The van der Waals surface area contributed by atoms with Gasteiger partial charge < -0.3 is 5.32 Å². The molecule has 8 nitrogen and oxygen atoms in total. The second-order valence-electron chi connectivity index (χ2n) is 7.88. The van der Waals surface area contributed by atoms with E-state index in [2.05, 4.69) is 5.32 Å². The number of carbonyl (C=O) groups is 2. The number of hydrogen-bond acceptors (Lipinski definition) is 5. The van der Waals surface area contributed by atoms with E-state index in [0.717, 1.165) is 9.87 Å². The van der Waals surface area contributed by atoms with Crippen molar-refractivity contribution >= 4 is 33.2 Å². The van der Waals surface area contributed by atoms with E-state index < -0.39 is 27.9 Å². The lowest BCUT2D eigenvalue weighted by Gasteiger charge is -2.39. The monoisotopic (exact) mass is 431 g/mol. The summed E-state index contributed by atoms with van der Waals surface area (Å²) < 4.78 is 28.9. The molecule has 30 heavy (non-hydrogen) atoms. The lowest BCUT2D eigenvalue weighted by Crippen LogP contribution is -2.53. The lowest BCUT2D eigenvalue weighted by molar-refractivity contribution is -0.118. The van der Waals surface area contributed by atoms with Crippen LogP contribution in [0.1, 0.15) is 40.9 Å². The molecule has 9 heteroatoms. The van der Waals surface area contributed by atoms with Crippen LogP contribution in [0.25, 0.3) is 0 Å². The summed E-state index contributed by atoms with van der Waals surface area (Å²) >= 11 is 0. The maximum Gasteiger partial charge on any atom is 0.274 e. The van der Waals surface area contributed by atoms with Crippen LogP contribution in [0.5, 0.6) is 0 Å². The van der Waals surface area contributed by atoms with Gasteiger partial charge >= 0.3 is 0 Å². The number of sulfonamides is 1. The molecule has 0 saturated carbocycles. The Hall–Kier alpha value is -2.91. The van der Waals surface area contributed by atoms with Crippen molar-refractivity contribution in [1.82, 2.24) is 5.48 Å². The van der Waals surface area contributed by atoms with E-state index in [0.29, 0.717) is 11.1 Å². The predicted molar refractivity (Wildman–Crippen MR) is 113 cm³/mol. The number of carbonyl (C=O) groups excluding carboxylic acids is 2. The molecule has 1 aliphatic heterocycles. The van der Waals surface area contributed by atoms with E-state index in [1.165, 1.54) is 23.7 Å². The lowest BCUT2D eigenvalue weighted by atomic mass is 9.99. The fourth-order valence-corrected chi connectivity index (χ4v) is 6.21. The SMILES string of the molecule is Cc1cc(C)c(S(=O)(=O)N2c3ccc(C(=O)NO)cc3NC(=O)[C@@H]2C(C)C)c(C)c1. The molecule has 0 unspecified atom stereocenters. The predicted octanol–water partition coefficient (Wildman–Crippen LogP) is 2.90. The van der Waals surface area contributed by atoms with Crippen LogP contribution >= 0.6 is 0 Å². The summed E-state index contributed by atoms with van der Waals surface area (Å²) in [6.45, 7) is 8.92. The quantitative estimate of drug-likeness (QED) is 0.508. The molecule has 1 atom stereocenters. The minimum atomic E-state index is -4.10. The maximum absolute atomic E-state index is 13.9. The Labute approximate surface area is 175 Å². The second-order valence-corrected chi connectivity index (χ2v) is 9.63. The van der Waals surface area contributed by atoms with Crippen molar-refractivity contribution in [2.24, 2.45) is 5.92 Å². The first-order valence-corrected chi connectivity index (χ1v) is 10.9. The van der Waals surface area contributed by atoms with Crippen LogP contribution in [0.2, 0.25) is 0 Å². The summed E-state index contributed by atoms with van der Waals surface area (Å²) in [6.07, 6.45) is 0. The number of hydroxylamine groups is 1. The summed E-state index contributed by atoms with van der Waals surface area (Å²) in [7, 11) is -4.10. The zero-order chi connectivity index (χ0) is 22.4. The molecule has 0 radical (unpaired) electrons. The molecule has 0 aliphatic carbocycles. The maximum atomic E-state index is 13.9. The fraction of sp³-hybridized carbons (Fsp3) is 0.333. The van der Waals surface area contributed by atoms with Crippen molar-refractivity contribution in [3.05, 3.63) is 52.6 Å². The molecule has 0 saturated heterocycles. The van der Waals surface area contributed by atoms with Gasteiger partial charge in [0.2, 0.25) is 5.91 Å². The number of nitrogens with zero attached hydrogens (tertiary/aromatic N) is 1. The topological polar surface area (TPSA) is 116 Å². The third-order valence-electron chi connectivity index (χ3n) is 5.13. The number of benzene rings is 2. The molecule has 160 valence electrons. The molecule has 0 spiro atoms. The van der Waals surface area contributed by atoms with Crippen molar-refractivity contribution in [1.29, 1.82) is 0 Å². The molecule has 1 aliphatic rings. The van der Waals surface area contributed by atoms with Gasteiger partial charge in [-0.2, -0.15) is 0 Å². The van der Waals surface area contributed by atoms with Crippen molar-refractivity contribution < 1.29 is 23.2 Å². The Morgan fingerprint density at radius 1 is 1.13 bits per heavy atom. The number of amides is 2. The smallest absolute Gasteiger partial charge is 0.274 e. The fourth-order valence-electron chi connectivity index (χ4n) is 4.02. The van der Waals surface area contributed by atoms with Crippen molar-refractivity contribution in [3.8, 4) is 0 Å². The molecular weight excluding hydrogens is 406 g/mol. The number of fused-ring (bicyclic) bond motifs is 1. The van der Waals surface area contributed by atoms with Gasteiger partial charge in [-0.1, -0.05) is 31.5 Å². The molecule has 2 aromatic rings. The summed E-state index contributed by atoms with van der Waals surface area (Å²) in [5.74, 6) is -1.55. The van der Waals surface area contributed by atoms with E-state index in [-0.39, 0.29) is 27.8 Å². The van der Waals surface area contributed by atoms with E-state index in [1.54, 1.807) is 39.8 Å². The van der Waals surface area contributed by atoms with Crippen LogP contribution < -0.4 is 15.1 Å². The molecule has 2 amide bonds. The summed E-state index contributed by atoms with van der Waals surface area (Å²) in [6, 6.07) is 6.84. The van der Waals surface area contributed by atoms with Gasteiger partial charge in [0.1, 0.15) is 6.04 Å². The van der Waals surface area contributed by atoms with Crippen molar-refractivity contribution in [3.63, 3.8) is 0 Å². The Kier molecular flexibility index (Phi) is 5.62. The van der Waals surface area contributed by atoms with Crippen LogP contribution in [0.3, 0.4) is 0 Å². The van der Waals surface area contributed by atoms with Gasteiger partial charge in [-0.3, -0.25) is 19.1 Å². The van der Waals surface area contributed by atoms with Crippen LogP contribution in [-0.4, -0.2) is 31.5 Å². The summed E-state index contributed by atoms with van der Waals surface area (Å²) in [5, 5.41) is 11.6. The molecule has 3 rings (SSSR count). The normalized spacial score (nSPS) is 16.3. The average molecular weight is 432 g/mol. The van der Waals surface area contributed by atoms with Crippen molar-refractivity contribution in [2.45, 2.75) is 45.6 Å². The first kappa shape index (κ1) is 21.8. The van der Waals surface area contributed by atoms with Crippen LogP contribution in [-0.2, 0) is 14.8 Å². The third-order valence-corrected chi connectivity index (χ3v) is 7.23. The van der Waals surface area contributed by atoms with Crippen LogP contribution in [0, 0.1) is 26.7 Å². The molecular formula is C21H25N3O5S. The molecule has 0 bridgehead atoms. The van der Waals surface area contributed by atoms with Crippen molar-refractivity contribution in [2.75, 3.05) is 9.62 Å². The number of hydrogen-bond donors (Lipinski definition) is 3. The molecule has 0 fully saturated rings. The van der Waals surface area contributed by atoms with Gasteiger partial charge in [-0.05, 0) is 56.0 Å². The first-order valence-electron chi connectivity index (χ1n) is 9.50. The van der Waals surface area contributed by atoms with Gasteiger partial charge in [-0.25, -0.2) is 13.9 Å². The highest BCUT2D eigenvalue weighted by Crippen LogP contribution is 2.40. The molecule has 2 aromatic carbocycles. The highest BCUT2D eigenvalue weighted by Gasteiger charge is 2.43. The largest absolute Gasteiger partial charge is 0.322 e. The van der Waals surface area contributed by atoms with Gasteiger partial charge in [0.05, 0.1) is 16.3 Å². The zero-order valence-electron chi connectivity index (χ0n) is 17.5. The summed E-state index contributed by atoms with van der Waals surface area (Å²) in [4.78, 5) is 24.8. The van der Waals surface area contributed by atoms with E-state index >= 15 is 0 Å². The number of anilines is 2. The molecule has 1 heterocycles. The standard InChI is InChI=1S/C21H25N3O5S/c1-11(2)18-21(26)22-16-10-15(20(25)23-27)6-7-17(16)24(18)30(28,29)19-13(4)8-12(3)9-14(19)5/h6-11,18,27H,1-5H3,(H,22,26)(H,23,25)/t18-/m0/s1.